The minimum Gasteiger partial charge on any atom is -0.341 e. The molecule has 1 radical (unpaired) electrons. The van der Waals surface area contributed by atoms with Gasteiger partial charge in [-0.25, -0.2) is 0 Å². The fraction of sp³-hybridized carbons (Fsp3) is 0.375. The van der Waals surface area contributed by atoms with Crippen LogP contribution in [0.4, 0.5) is 0 Å². The van der Waals surface area contributed by atoms with E-state index in [0.29, 0.717) is 5.92 Å². The molecular formula is C16H22Y-2. The predicted molar refractivity (Wildman–Crippen MR) is 72.8 cm³/mol. The molecule has 0 nitrogen and oxygen atoms in total. The molecule has 0 heterocycles. The zero-order valence-corrected chi connectivity index (χ0v) is 13.5. The van der Waals surface area contributed by atoms with Gasteiger partial charge in [-0.15, -0.1) is 6.58 Å². The smallest absolute Gasteiger partial charge is 0 e. The normalized spacial score (nSPS) is 22.1. The molecular weight excluding hydrogens is 281 g/mol. The van der Waals surface area contributed by atoms with Gasteiger partial charge in [0.2, 0.25) is 0 Å². The first-order valence-corrected chi connectivity index (χ1v) is 6.07. The van der Waals surface area contributed by atoms with Gasteiger partial charge < -0.3 is 6.92 Å². The van der Waals surface area contributed by atoms with Crippen molar-refractivity contribution < 1.29 is 32.7 Å². The monoisotopic (exact) mass is 303 g/mol. The van der Waals surface area contributed by atoms with Gasteiger partial charge in [-0.2, -0.15) is 37.1 Å². The van der Waals surface area contributed by atoms with Crippen molar-refractivity contribution in [2.45, 2.75) is 32.1 Å². The summed E-state index contributed by atoms with van der Waals surface area (Å²) in [5.41, 5.74) is 2.87. The van der Waals surface area contributed by atoms with Crippen molar-refractivity contribution in [1.29, 1.82) is 0 Å². The Morgan fingerprint density at radius 3 is 2.82 bits per heavy atom. The molecule has 0 spiro atoms. The summed E-state index contributed by atoms with van der Waals surface area (Å²) < 4.78 is 0. The van der Waals surface area contributed by atoms with Crippen molar-refractivity contribution in [3.8, 4) is 0 Å². The molecule has 0 aromatic heterocycles. The molecule has 0 amide bonds. The summed E-state index contributed by atoms with van der Waals surface area (Å²) in [5.74, 6) is 0.618. The second kappa shape index (κ2) is 9.91. The molecule has 0 aromatic rings. The molecule has 1 rings (SSSR count). The molecule has 1 saturated carbocycles. The van der Waals surface area contributed by atoms with E-state index in [1.807, 2.05) is 12.2 Å². The van der Waals surface area contributed by atoms with E-state index in [1.165, 1.54) is 24.8 Å². The van der Waals surface area contributed by atoms with Gasteiger partial charge in [-0.1, -0.05) is 24.1 Å². The van der Waals surface area contributed by atoms with Crippen LogP contribution in [0.25, 0.3) is 0 Å². The van der Waals surface area contributed by atoms with E-state index in [-0.39, 0.29) is 32.7 Å². The van der Waals surface area contributed by atoms with Crippen molar-refractivity contribution in [2.75, 3.05) is 0 Å². The SMILES string of the molecule is C=C[CH-]/C(=C/[C@@H]1CCC/C1=C\CC=C)C[CH2-].[Y]. The Hall–Kier alpha value is -0.0661. The third-order valence-corrected chi connectivity index (χ3v) is 3.04. The van der Waals surface area contributed by atoms with Gasteiger partial charge in [0, 0.05) is 32.7 Å². The van der Waals surface area contributed by atoms with Crippen LogP contribution in [0, 0.1) is 19.3 Å². The summed E-state index contributed by atoms with van der Waals surface area (Å²) in [6, 6.07) is 0. The molecule has 0 N–H and O–H groups in total. The summed E-state index contributed by atoms with van der Waals surface area (Å²) in [5, 5.41) is 0. The molecule has 1 fully saturated rings. The Kier molecular flexibility index (Phi) is 9.87. The van der Waals surface area contributed by atoms with Crippen LogP contribution in [0.15, 0.2) is 48.6 Å². The Bertz CT molecular complexity index is 297. The summed E-state index contributed by atoms with van der Waals surface area (Å²) in [7, 11) is 0. The second-order valence-electron chi connectivity index (χ2n) is 4.20. The van der Waals surface area contributed by atoms with E-state index in [9.17, 15) is 0 Å². The van der Waals surface area contributed by atoms with Gasteiger partial charge in [0.15, 0.2) is 0 Å². The third-order valence-electron chi connectivity index (χ3n) is 3.04. The average Bonchev–Trinajstić information content (AvgIpc) is 2.73. The van der Waals surface area contributed by atoms with Gasteiger partial charge >= 0.3 is 0 Å². The third kappa shape index (κ3) is 5.88. The first-order chi connectivity index (χ1) is 7.81. The van der Waals surface area contributed by atoms with Gasteiger partial charge in [0.25, 0.3) is 0 Å². The van der Waals surface area contributed by atoms with E-state index in [0.717, 1.165) is 12.8 Å². The van der Waals surface area contributed by atoms with E-state index in [4.69, 9.17) is 0 Å². The summed E-state index contributed by atoms with van der Waals surface area (Å²) in [4.78, 5) is 0. The number of hydrogen-bond donors (Lipinski definition) is 0. The largest absolute Gasteiger partial charge is 0.341 e. The van der Waals surface area contributed by atoms with Crippen LogP contribution in [0.3, 0.4) is 0 Å². The molecule has 1 aliphatic rings. The van der Waals surface area contributed by atoms with Crippen molar-refractivity contribution in [1.82, 2.24) is 0 Å². The van der Waals surface area contributed by atoms with Crippen LogP contribution < -0.4 is 0 Å². The Morgan fingerprint density at radius 1 is 1.47 bits per heavy atom. The zero-order chi connectivity index (χ0) is 11.8. The Labute approximate surface area is 132 Å². The van der Waals surface area contributed by atoms with Gasteiger partial charge in [0.05, 0.1) is 0 Å². The first kappa shape index (κ1) is 16.9. The summed E-state index contributed by atoms with van der Waals surface area (Å²) in [6.07, 6.45) is 16.2. The van der Waals surface area contributed by atoms with Gasteiger partial charge in [-0.05, 0) is 25.2 Å². The summed E-state index contributed by atoms with van der Waals surface area (Å²) >= 11 is 0. The molecule has 1 heteroatoms. The topological polar surface area (TPSA) is 0 Å². The first-order valence-electron chi connectivity index (χ1n) is 6.07. The Balaban J connectivity index is 0.00000256. The number of rotatable bonds is 6. The minimum absolute atomic E-state index is 0. The van der Waals surface area contributed by atoms with Crippen molar-refractivity contribution in [2.24, 2.45) is 5.92 Å². The maximum atomic E-state index is 3.95. The van der Waals surface area contributed by atoms with Crippen LogP contribution >= 0.6 is 0 Å². The van der Waals surface area contributed by atoms with Crippen molar-refractivity contribution in [3.63, 3.8) is 0 Å². The minimum atomic E-state index is 0. The van der Waals surface area contributed by atoms with Crippen LogP contribution in [-0.4, -0.2) is 0 Å². The Morgan fingerprint density at radius 2 is 2.24 bits per heavy atom. The standard InChI is InChI=1S/C16H22.Y/c1-4-7-10-15-11-8-12-16(15)13-14(6-3)9-5-2;/h4-5,9-10,13,16H,1-3,6-8,11-12H2;/q-2;/b14-13+,15-10+;/t16-;/m0./s1. The molecule has 0 aliphatic heterocycles. The molecule has 0 saturated heterocycles. The van der Waals surface area contributed by atoms with E-state index in [1.54, 1.807) is 5.57 Å². The molecule has 0 aromatic carbocycles. The second-order valence-corrected chi connectivity index (χ2v) is 4.20. The predicted octanol–water partition coefficient (Wildman–Crippen LogP) is 4.83. The van der Waals surface area contributed by atoms with E-state index >= 15 is 0 Å². The zero-order valence-electron chi connectivity index (χ0n) is 10.7. The molecule has 1 aliphatic carbocycles. The quantitative estimate of drug-likeness (QED) is 0.487. The van der Waals surface area contributed by atoms with Crippen molar-refractivity contribution >= 4 is 0 Å². The van der Waals surface area contributed by atoms with Gasteiger partial charge in [0.1, 0.15) is 0 Å². The molecule has 91 valence electrons. The number of hydrogen-bond acceptors (Lipinski definition) is 0. The van der Waals surface area contributed by atoms with Crippen LogP contribution in [0.5, 0.6) is 0 Å². The fourth-order valence-corrected chi connectivity index (χ4v) is 2.21. The molecule has 17 heavy (non-hydrogen) atoms. The van der Waals surface area contributed by atoms with E-state index < -0.39 is 0 Å². The maximum absolute atomic E-state index is 3.95. The fourth-order valence-electron chi connectivity index (χ4n) is 2.21. The molecule has 0 bridgehead atoms. The summed E-state index contributed by atoms with van der Waals surface area (Å²) in [6.45, 7) is 11.5. The van der Waals surface area contributed by atoms with Crippen LogP contribution in [0.2, 0.25) is 0 Å². The average molecular weight is 303 g/mol. The van der Waals surface area contributed by atoms with Crippen LogP contribution in [0.1, 0.15) is 32.1 Å². The van der Waals surface area contributed by atoms with Gasteiger partial charge in [-0.3, -0.25) is 0 Å². The van der Waals surface area contributed by atoms with Crippen LogP contribution in [-0.2, 0) is 32.7 Å². The maximum Gasteiger partial charge on any atom is 0 e. The number of allylic oxidation sites excluding steroid dienone is 6. The molecule has 1 atom stereocenters. The molecule has 0 unspecified atom stereocenters. The van der Waals surface area contributed by atoms with E-state index in [2.05, 4.69) is 38.7 Å². The van der Waals surface area contributed by atoms with Crippen molar-refractivity contribution in [3.05, 3.63) is 62.0 Å².